The highest BCUT2D eigenvalue weighted by Crippen LogP contribution is 2.25. The lowest BCUT2D eigenvalue weighted by molar-refractivity contribution is -0.124. The van der Waals surface area contributed by atoms with Crippen LogP contribution in [0.1, 0.15) is 39.5 Å². The fourth-order valence-electron chi connectivity index (χ4n) is 2.87. The second-order valence-corrected chi connectivity index (χ2v) is 5.70. The lowest BCUT2D eigenvalue weighted by Gasteiger charge is -2.29. The Labute approximate surface area is 110 Å². The van der Waals surface area contributed by atoms with Crippen LogP contribution in [-0.2, 0) is 4.79 Å². The van der Waals surface area contributed by atoms with Crippen LogP contribution in [0, 0.1) is 5.92 Å². The maximum Gasteiger partial charge on any atom is 0.237 e. The molecule has 2 rings (SSSR count). The van der Waals surface area contributed by atoms with Crippen molar-refractivity contribution in [3.8, 4) is 0 Å². The summed E-state index contributed by atoms with van der Waals surface area (Å²) in [4.78, 5) is 14.5. The van der Waals surface area contributed by atoms with Gasteiger partial charge in [-0.25, -0.2) is 0 Å². The SMILES string of the molecule is CCN(CCNC(=O)C1NCCCC1C)C1CC1. The van der Waals surface area contributed by atoms with Gasteiger partial charge in [-0.05, 0) is 44.7 Å². The molecule has 2 N–H and O–H groups in total. The molecule has 2 aliphatic rings. The summed E-state index contributed by atoms with van der Waals surface area (Å²) in [7, 11) is 0. The van der Waals surface area contributed by atoms with Crippen molar-refractivity contribution in [3.05, 3.63) is 0 Å². The molecule has 0 aromatic rings. The number of hydrogen-bond acceptors (Lipinski definition) is 3. The van der Waals surface area contributed by atoms with Crippen LogP contribution in [0.2, 0.25) is 0 Å². The first kappa shape index (κ1) is 13.8. The molecule has 1 heterocycles. The molecule has 1 saturated carbocycles. The summed E-state index contributed by atoms with van der Waals surface area (Å²) in [5.74, 6) is 0.651. The number of piperidine rings is 1. The minimum absolute atomic E-state index is 0.0229. The van der Waals surface area contributed by atoms with E-state index in [0.29, 0.717) is 5.92 Å². The van der Waals surface area contributed by atoms with E-state index in [4.69, 9.17) is 0 Å². The van der Waals surface area contributed by atoms with Gasteiger partial charge in [0.1, 0.15) is 0 Å². The zero-order chi connectivity index (χ0) is 13.0. The second kappa shape index (κ2) is 6.53. The Hall–Kier alpha value is -0.610. The monoisotopic (exact) mass is 253 g/mol. The minimum Gasteiger partial charge on any atom is -0.353 e. The topological polar surface area (TPSA) is 44.4 Å². The molecular weight excluding hydrogens is 226 g/mol. The zero-order valence-electron chi connectivity index (χ0n) is 11.7. The molecule has 2 atom stereocenters. The van der Waals surface area contributed by atoms with Crippen molar-refractivity contribution < 1.29 is 4.79 Å². The van der Waals surface area contributed by atoms with E-state index < -0.39 is 0 Å². The van der Waals surface area contributed by atoms with Crippen molar-refractivity contribution in [2.24, 2.45) is 5.92 Å². The third kappa shape index (κ3) is 3.69. The van der Waals surface area contributed by atoms with Crippen LogP contribution in [-0.4, -0.2) is 49.1 Å². The van der Waals surface area contributed by atoms with Crippen molar-refractivity contribution in [2.75, 3.05) is 26.2 Å². The third-order valence-electron chi connectivity index (χ3n) is 4.22. The molecule has 4 nitrogen and oxygen atoms in total. The second-order valence-electron chi connectivity index (χ2n) is 5.70. The van der Waals surface area contributed by atoms with E-state index in [1.54, 1.807) is 0 Å². The number of carbonyl (C=O) groups excluding carboxylic acids is 1. The molecule has 1 saturated heterocycles. The largest absolute Gasteiger partial charge is 0.353 e. The number of carbonyl (C=O) groups is 1. The van der Waals surface area contributed by atoms with E-state index in [2.05, 4.69) is 29.4 Å². The summed E-state index contributed by atoms with van der Waals surface area (Å²) in [6.45, 7) is 8.22. The number of hydrogen-bond donors (Lipinski definition) is 2. The van der Waals surface area contributed by atoms with Gasteiger partial charge in [-0.3, -0.25) is 9.69 Å². The van der Waals surface area contributed by atoms with Gasteiger partial charge in [0.05, 0.1) is 6.04 Å². The zero-order valence-corrected chi connectivity index (χ0v) is 11.7. The minimum atomic E-state index is 0.0229. The molecular formula is C14H27N3O. The van der Waals surface area contributed by atoms with Gasteiger partial charge in [-0.2, -0.15) is 0 Å². The van der Waals surface area contributed by atoms with Gasteiger partial charge >= 0.3 is 0 Å². The first-order valence-corrected chi connectivity index (χ1v) is 7.47. The summed E-state index contributed by atoms with van der Waals surface area (Å²) < 4.78 is 0. The Morgan fingerprint density at radius 2 is 2.17 bits per heavy atom. The maximum atomic E-state index is 12.1. The molecule has 0 spiro atoms. The van der Waals surface area contributed by atoms with E-state index >= 15 is 0 Å². The first-order valence-electron chi connectivity index (χ1n) is 7.47. The van der Waals surface area contributed by atoms with E-state index in [9.17, 15) is 4.79 Å². The van der Waals surface area contributed by atoms with Crippen LogP contribution in [0.3, 0.4) is 0 Å². The van der Waals surface area contributed by atoms with Crippen LogP contribution in [0.15, 0.2) is 0 Å². The van der Waals surface area contributed by atoms with Crippen LogP contribution < -0.4 is 10.6 Å². The normalized spacial score (nSPS) is 28.4. The number of nitrogens with zero attached hydrogens (tertiary/aromatic N) is 1. The molecule has 104 valence electrons. The maximum absolute atomic E-state index is 12.1. The molecule has 2 fully saturated rings. The van der Waals surface area contributed by atoms with E-state index in [1.807, 2.05) is 0 Å². The van der Waals surface area contributed by atoms with E-state index in [1.165, 1.54) is 19.3 Å². The molecule has 1 aliphatic heterocycles. The third-order valence-corrected chi connectivity index (χ3v) is 4.22. The van der Waals surface area contributed by atoms with E-state index in [0.717, 1.165) is 38.6 Å². The van der Waals surface area contributed by atoms with Gasteiger partial charge in [-0.15, -0.1) is 0 Å². The number of likely N-dealkylation sites (N-methyl/N-ethyl adjacent to an activating group) is 1. The quantitative estimate of drug-likeness (QED) is 0.741. The van der Waals surface area contributed by atoms with Gasteiger partial charge in [0.15, 0.2) is 0 Å². The van der Waals surface area contributed by atoms with Crippen LogP contribution in [0.4, 0.5) is 0 Å². The molecule has 1 aliphatic carbocycles. The number of rotatable bonds is 6. The average molecular weight is 253 g/mol. The molecule has 1 amide bonds. The molecule has 0 aromatic heterocycles. The van der Waals surface area contributed by atoms with Crippen LogP contribution in [0.25, 0.3) is 0 Å². The molecule has 0 radical (unpaired) electrons. The Kier molecular flexibility index (Phi) is 5.01. The lowest BCUT2D eigenvalue weighted by atomic mass is 9.92. The number of nitrogens with one attached hydrogen (secondary N) is 2. The average Bonchev–Trinajstić information content (AvgIpc) is 3.19. The molecule has 4 heteroatoms. The standard InChI is InChI=1S/C14H27N3O/c1-3-17(12-6-7-12)10-9-16-14(18)13-11(2)5-4-8-15-13/h11-13,15H,3-10H2,1-2H3,(H,16,18). The number of amides is 1. The van der Waals surface area contributed by atoms with E-state index in [-0.39, 0.29) is 11.9 Å². The Bertz CT molecular complexity index is 278. The van der Waals surface area contributed by atoms with Crippen LogP contribution in [0.5, 0.6) is 0 Å². The molecule has 0 aromatic carbocycles. The van der Waals surface area contributed by atoms with Crippen LogP contribution >= 0.6 is 0 Å². The summed E-state index contributed by atoms with van der Waals surface area (Å²) in [5.41, 5.74) is 0. The highest BCUT2D eigenvalue weighted by molar-refractivity contribution is 5.82. The van der Waals surface area contributed by atoms with Gasteiger partial charge in [0.25, 0.3) is 0 Å². The van der Waals surface area contributed by atoms with Crippen molar-refractivity contribution >= 4 is 5.91 Å². The fraction of sp³-hybridized carbons (Fsp3) is 0.929. The summed E-state index contributed by atoms with van der Waals surface area (Å²) >= 11 is 0. The first-order chi connectivity index (χ1) is 8.72. The highest BCUT2D eigenvalue weighted by atomic mass is 16.2. The van der Waals surface area contributed by atoms with Crippen molar-refractivity contribution in [2.45, 2.75) is 51.6 Å². The lowest BCUT2D eigenvalue weighted by Crippen LogP contribution is -2.51. The van der Waals surface area contributed by atoms with Crippen molar-refractivity contribution in [1.82, 2.24) is 15.5 Å². The fourth-order valence-corrected chi connectivity index (χ4v) is 2.87. The summed E-state index contributed by atoms with van der Waals surface area (Å²) in [6.07, 6.45) is 5.02. The Balaban J connectivity index is 1.67. The van der Waals surface area contributed by atoms with Gasteiger partial charge in [0.2, 0.25) is 5.91 Å². The summed E-state index contributed by atoms with van der Waals surface area (Å²) in [5, 5.41) is 6.42. The van der Waals surface area contributed by atoms with Gasteiger partial charge in [-0.1, -0.05) is 13.8 Å². The summed E-state index contributed by atoms with van der Waals surface area (Å²) in [6, 6.07) is 0.813. The van der Waals surface area contributed by atoms with Gasteiger partial charge in [0, 0.05) is 19.1 Å². The van der Waals surface area contributed by atoms with Crippen molar-refractivity contribution in [3.63, 3.8) is 0 Å². The molecule has 18 heavy (non-hydrogen) atoms. The predicted molar refractivity (Wildman–Crippen MR) is 73.5 cm³/mol. The predicted octanol–water partition coefficient (Wildman–Crippen LogP) is 0.975. The molecule has 0 bridgehead atoms. The Morgan fingerprint density at radius 3 is 2.78 bits per heavy atom. The van der Waals surface area contributed by atoms with Crippen molar-refractivity contribution in [1.29, 1.82) is 0 Å². The smallest absolute Gasteiger partial charge is 0.237 e. The van der Waals surface area contributed by atoms with Gasteiger partial charge < -0.3 is 10.6 Å². The Morgan fingerprint density at radius 1 is 1.39 bits per heavy atom. The molecule has 2 unspecified atom stereocenters. The highest BCUT2D eigenvalue weighted by Gasteiger charge is 2.29.